The summed E-state index contributed by atoms with van der Waals surface area (Å²) >= 11 is 1.65. The molecule has 1 spiro atoms. The van der Waals surface area contributed by atoms with Gasteiger partial charge in [-0.05, 0) is 31.4 Å². The van der Waals surface area contributed by atoms with Gasteiger partial charge >= 0.3 is 0 Å². The maximum Gasteiger partial charge on any atom is 0.182 e. The number of hydrogen-bond donors (Lipinski definition) is 1. The molecule has 1 N–H and O–H groups in total. The van der Waals surface area contributed by atoms with E-state index in [0.717, 1.165) is 56.3 Å². The zero-order valence-electron chi connectivity index (χ0n) is 13.1. The molecule has 2 fully saturated rings. The van der Waals surface area contributed by atoms with Gasteiger partial charge in [0.25, 0.3) is 0 Å². The van der Waals surface area contributed by atoms with Crippen molar-refractivity contribution in [2.24, 2.45) is 0 Å². The lowest BCUT2D eigenvalue weighted by Crippen LogP contribution is -2.44. The van der Waals surface area contributed by atoms with Crippen molar-refractivity contribution < 1.29 is 4.74 Å². The van der Waals surface area contributed by atoms with E-state index in [1.807, 2.05) is 23.8 Å². The van der Waals surface area contributed by atoms with Crippen molar-refractivity contribution in [3.8, 4) is 0 Å². The summed E-state index contributed by atoms with van der Waals surface area (Å²) in [4.78, 5) is 11.2. The summed E-state index contributed by atoms with van der Waals surface area (Å²) in [7, 11) is 0. The number of anilines is 1. The molecular weight excluding hydrogens is 308 g/mol. The highest BCUT2D eigenvalue weighted by Crippen LogP contribution is 2.37. The summed E-state index contributed by atoms with van der Waals surface area (Å²) in [6.45, 7) is 3.90. The Labute approximate surface area is 140 Å². The van der Waals surface area contributed by atoms with E-state index in [1.165, 1.54) is 0 Å². The molecule has 0 aromatic carbocycles. The quantitative estimate of drug-likeness (QED) is 0.934. The molecular formula is C17H22N4OS. The molecule has 5 nitrogen and oxygen atoms in total. The summed E-state index contributed by atoms with van der Waals surface area (Å²) in [6.07, 6.45) is 7.01. The highest BCUT2D eigenvalue weighted by molar-refractivity contribution is 7.13. The van der Waals surface area contributed by atoms with E-state index < -0.39 is 0 Å². The van der Waals surface area contributed by atoms with Crippen LogP contribution in [0.2, 0.25) is 0 Å². The monoisotopic (exact) mass is 330 g/mol. The second-order valence-corrected chi connectivity index (χ2v) is 7.37. The minimum absolute atomic E-state index is 0.0650. The first-order valence-electron chi connectivity index (χ1n) is 8.24. The Hall–Kier alpha value is -1.50. The average Bonchev–Trinajstić information content (AvgIpc) is 3.22. The van der Waals surface area contributed by atoms with E-state index in [9.17, 15) is 0 Å². The SMILES string of the molecule is c1ccc(CN2CCC3(CC2)CC(Nc2nccs2)CO3)nc1. The molecule has 4 rings (SSSR count). The van der Waals surface area contributed by atoms with Crippen LogP contribution in [-0.4, -0.2) is 46.2 Å². The Morgan fingerprint density at radius 1 is 1.26 bits per heavy atom. The molecule has 2 aliphatic rings. The first kappa shape index (κ1) is 15.1. The van der Waals surface area contributed by atoms with Crippen LogP contribution in [-0.2, 0) is 11.3 Å². The molecule has 1 atom stereocenters. The van der Waals surface area contributed by atoms with Crippen LogP contribution in [0.15, 0.2) is 36.0 Å². The Balaban J connectivity index is 1.29. The molecule has 0 amide bonds. The molecule has 4 heterocycles. The molecule has 6 heteroatoms. The first-order valence-corrected chi connectivity index (χ1v) is 9.12. The third kappa shape index (κ3) is 3.54. The van der Waals surface area contributed by atoms with Crippen molar-refractivity contribution in [3.63, 3.8) is 0 Å². The summed E-state index contributed by atoms with van der Waals surface area (Å²) < 4.78 is 6.21. The van der Waals surface area contributed by atoms with E-state index in [1.54, 1.807) is 11.3 Å². The Bertz CT molecular complexity index is 611. The lowest BCUT2D eigenvalue weighted by atomic mass is 9.87. The van der Waals surface area contributed by atoms with E-state index >= 15 is 0 Å². The molecule has 23 heavy (non-hydrogen) atoms. The number of ether oxygens (including phenoxy) is 1. The third-order valence-electron chi connectivity index (χ3n) is 4.85. The summed E-state index contributed by atoms with van der Waals surface area (Å²) in [6, 6.07) is 6.52. The number of nitrogens with zero attached hydrogens (tertiary/aromatic N) is 3. The number of hydrogen-bond acceptors (Lipinski definition) is 6. The lowest BCUT2D eigenvalue weighted by molar-refractivity contribution is -0.0449. The van der Waals surface area contributed by atoms with Gasteiger partial charge in [0, 0.05) is 37.4 Å². The van der Waals surface area contributed by atoms with Gasteiger partial charge in [0.1, 0.15) is 0 Å². The van der Waals surface area contributed by atoms with Gasteiger partial charge in [-0.1, -0.05) is 6.07 Å². The largest absolute Gasteiger partial charge is 0.373 e. The van der Waals surface area contributed by atoms with Gasteiger partial charge in [0.15, 0.2) is 5.13 Å². The Morgan fingerprint density at radius 3 is 2.91 bits per heavy atom. The minimum atomic E-state index is 0.0650. The van der Waals surface area contributed by atoms with E-state index in [0.29, 0.717) is 6.04 Å². The number of aromatic nitrogens is 2. The minimum Gasteiger partial charge on any atom is -0.373 e. The van der Waals surface area contributed by atoms with Crippen molar-refractivity contribution in [1.29, 1.82) is 0 Å². The fourth-order valence-corrected chi connectivity index (χ4v) is 4.20. The fourth-order valence-electron chi connectivity index (χ4n) is 3.59. The van der Waals surface area contributed by atoms with Crippen LogP contribution in [0.25, 0.3) is 0 Å². The van der Waals surface area contributed by atoms with Gasteiger partial charge < -0.3 is 10.1 Å². The van der Waals surface area contributed by atoms with Crippen LogP contribution < -0.4 is 5.32 Å². The van der Waals surface area contributed by atoms with Gasteiger partial charge in [-0.2, -0.15) is 0 Å². The molecule has 2 aromatic rings. The normalized spacial score (nSPS) is 24.1. The van der Waals surface area contributed by atoms with E-state index in [2.05, 4.69) is 32.3 Å². The molecule has 0 bridgehead atoms. The van der Waals surface area contributed by atoms with Crippen molar-refractivity contribution in [2.45, 2.75) is 37.5 Å². The summed E-state index contributed by atoms with van der Waals surface area (Å²) in [5.41, 5.74) is 1.22. The molecule has 0 aliphatic carbocycles. The zero-order valence-corrected chi connectivity index (χ0v) is 14.0. The number of piperidine rings is 1. The Kier molecular flexibility index (Phi) is 4.29. The number of thiazole rings is 1. The van der Waals surface area contributed by atoms with Crippen LogP contribution in [0.5, 0.6) is 0 Å². The van der Waals surface area contributed by atoms with Crippen LogP contribution in [0.4, 0.5) is 5.13 Å². The second-order valence-electron chi connectivity index (χ2n) is 6.47. The van der Waals surface area contributed by atoms with E-state index in [4.69, 9.17) is 4.74 Å². The van der Waals surface area contributed by atoms with Crippen LogP contribution in [0.3, 0.4) is 0 Å². The van der Waals surface area contributed by atoms with Gasteiger partial charge in [-0.3, -0.25) is 9.88 Å². The van der Waals surface area contributed by atoms with E-state index in [-0.39, 0.29) is 5.60 Å². The predicted octanol–water partition coefficient (Wildman–Crippen LogP) is 2.77. The smallest absolute Gasteiger partial charge is 0.182 e. The number of likely N-dealkylation sites (tertiary alicyclic amines) is 1. The second kappa shape index (κ2) is 6.55. The molecule has 2 aliphatic heterocycles. The average molecular weight is 330 g/mol. The predicted molar refractivity (Wildman–Crippen MR) is 91.6 cm³/mol. The third-order valence-corrected chi connectivity index (χ3v) is 5.55. The van der Waals surface area contributed by atoms with Crippen molar-refractivity contribution in [1.82, 2.24) is 14.9 Å². The van der Waals surface area contributed by atoms with Crippen LogP contribution >= 0.6 is 11.3 Å². The molecule has 2 saturated heterocycles. The maximum absolute atomic E-state index is 6.21. The van der Waals surface area contributed by atoms with Gasteiger partial charge in [0.2, 0.25) is 0 Å². The van der Waals surface area contributed by atoms with Crippen LogP contribution in [0, 0.1) is 0 Å². The first-order chi connectivity index (χ1) is 11.3. The van der Waals surface area contributed by atoms with Crippen molar-refractivity contribution in [3.05, 3.63) is 41.7 Å². The van der Waals surface area contributed by atoms with Crippen molar-refractivity contribution in [2.75, 3.05) is 25.0 Å². The highest BCUT2D eigenvalue weighted by Gasteiger charge is 2.42. The molecule has 122 valence electrons. The summed E-state index contributed by atoms with van der Waals surface area (Å²) in [5, 5.41) is 6.51. The standard InChI is InChI=1S/C17H22N4OS/c1-2-6-18-14(3-1)12-21-8-4-17(5-9-21)11-15(13-22-17)20-16-19-7-10-23-16/h1-3,6-7,10,15H,4-5,8-9,11-13H2,(H,19,20). The molecule has 0 radical (unpaired) electrons. The van der Waals surface area contributed by atoms with Gasteiger partial charge in [-0.25, -0.2) is 4.98 Å². The van der Waals surface area contributed by atoms with Gasteiger partial charge in [0.05, 0.1) is 23.9 Å². The number of pyridine rings is 1. The summed E-state index contributed by atoms with van der Waals surface area (Å²) in [5.74, 6) is 0. The number of rotatable bonds is 4. The zero-order chi connectivity index (χ0) is 15.5. The molecule has 1 unspecified atom stereocenters. The fraction of sp³-hybridized carbons (Fsp3) is 0.529. The number of nitrogens with one attached hydrogen (secondary N) is 1. The van der Waals surface area contributed by atoms with Crippen molar-refractivity contribution >= 4 is 16.5 Å². The lowest BCUT2D eigenvalue weighted by Gasteiger charge is -2.38. The highest BCUT2D eigenvalue weighted by atomic mass is 32.1. The van der Waals surface area contributed by atoms with Crippen LogP contribution in [0.1, 0.15) is 25.0 Å². The maximum atomic E-state index is 6.21. The van der Waals surface area contributed by atoms with Gasteiger partial charge in [-0.15, -0.1) is 11.3 Å². The molecule has 0 saturated carbocycles. The molecule has 2 aromatic heterocycles. The Morgan fingerprint density at radius 2 is 2.17 bits per heavy atom. The topological polar surface area (TPSA) is 50.3 Å².